The standard InChI is InChI=1S/C18H25NO2/c20-18(21)12-17(15-7-8-15)16-6-4-5-14(11-16)13-19-9-2-1-3-10-19/h4-6,11,15,17H,1-3,7-10,12-13H2,(H,20,21). The molecule has 1 atom stereocenters. The lowest BCUT2D eigenvalue weighted by molar-refractivity contribution is -0.137. The number of carboxylic acid groups (broad SMARTS) is 1. The van der Waals surface area contributed by atoms with Gasteiger partial charge in [0, 0.05) is 6.54 Å². The summed E-state index contributed by atoms with van der Waals surface area (Å²) in [4.78, 5) is 13.6. The summed E-state index contributed by atoms with van der Waals surface area (Å²) in [5.41, 5.74) is 2.57. The summed E-state index contributed by atoms with van der Waals surface area (Å²) >= 11 is 0. The first-order valence-electron chi connectivity index (χ1n) is 8.25. The molecule has 1 aliphatic heterocycles. The predicted molar refractivity (Wildman–Crippen MR) is 83.3 cm³/mol. The molecule has 0 bridgehead atoms. The number of carboxylic acids is 1. The molecule has 1 aromatic carbocycles. The molecule has 3 heteroatoms. The van der Waals surface area contributed by atoms with E-state index in [4.69, 9.17) is 5.11 Å². The molecule has 1 N–H and O–H groups in total. The summed E-state index contributed by atoms with van der Waals surface area (Å²) in [6, 6.07) is 8.65. The summed E-state index contributed by atoms with van der Waals surface area (Å²) in [5.74, 6) is 0.128. The van der Waals surface area contributed by atoms with Gasteiger partial charge in [0.25, 0.3) is 0 Å². The van der Waals surface area contributed by atoms with Crippen molar-refractivity contribution in [2.24, 2.45) is 5.92 Å². The van der Waals surface area contributed by atoms with Crippen LogP contribution in [0.1, 0.15) is 55.6 Å². The van der Waals surface area contributed by atoms with Crippen molar-refractivity contribution in [3.63, 3.8) is 0 Å². The largest absolute Gasteiger partial charge is 0.481 e. The Morgan fingerprint density at radius 1 is 1.24 bits per heavy atom. The molecule has 1 aliphatic carbocycles. The van der Waals surface area contributed by atoms with Crippen molar-refractivity contribution in [2.45, 2.75) is 51.0 Å². The normalized spacial score (nSPS) is 21.1. The van der Waals surface area contributed by atoms with Crippen LogP contribution in [0.25, 0.3) is 0 Å². The summed E-state index contributed by atoms with van der Waals surface area (Å²) in [6.45, 7) is 3.41. The van der Waals surface area contributed by atoms with Crippen molar-refractivity contribution in [1.82, 2.24) is 4.90 Å². The summed E-state index contributed by atoms with van der Waals surface area (Å²) in [6.07, 6.45) is 6.63. The molecule has 1 heterocycles. The minimum absolute atomic E-state index is 0.212. The maximum absolute atomic E-state index is 11.1. The number of likely N-dealkylation sites (tertiary alicyclic amines) is 1. The number of aliphatic carboxylic acids is 1. The van der Waals surface area contributed by atoms with Crippen molar-refractivity contribution in [3.05, 3.63) is 35.4 Å². The molecule has 3 rings (SSSR count). The van der Waals surface area contributed by atoms with E-state index in [9.17, 15) is 4.79 Å². The molecule has 0 spiro atoms. The van der Waals surface area contributed by atoms with Gasteiger partial charge in [-0.2, -0.15) is 0 Å². The molecule has 1 unspecified atom stereocenters. The lowest BCUT2D eigenvalue weighted by Gasteiger charge is -2.26. The lowest BCUT2D eigenvalue weighted by atomic mass is 9.90. The van der Waals surface area contributed by atoms with E-state index in [0.29, 0.717) is 5.92 Å². The molecule has 114 valence electrons. The van der Waals surface area contributed by atoms with Gasteiger partial charge in [0.05, 0.1) is 6.42 Å². The van der Waals surface area contributed by atoms with Gasteiger partial charge >= 0.3 is 5.97 Å². The van der Waals surface area contributed by atoms with Crippen molar-refractivity contribution in [3.8, 4) is 0 Å². The van der Waals surface area contributed by atoms with Gasteiger partial charge in [-0.25, -0.2) is 0 Å². The minimum atomic E-state index is -0.673. The lowest BCUT2D eigenvalue weighted by Crippen LogP contribution is -2.29. The highest BCUT2D eigenvalue weighted by atomic mass is 16.4. The number of rotatable bonds is 6. The van der Waals surface area contributed by atoms with Crippen LogP contribution >= 0.6 is 0 Å². The van der Waals surface area contributed by atoms with Crippen LogP contribution in [0, 0.1) is 5.92 Å². The van der Waals surface area contributed by atoms with Crippen molar-refractivity contribution >= 4 is 5.97 Å². The Balaban J connectivity index is 1.70. The molecular weight excluding hydrogens is 262 g/mol. The zero-order valence-corrected chi connectivity index (χ0v) is 12.6. The van der Waals surface area contributed by atoms with E-state index in [0.717, 1.165) is 6.54 Å². The maximum atomic E-state index is 11.1. The highest BCUT2D eigenvalue weighted by Gasteiger charge is 2.33. The van der Waals surface area contributed by atoms with E-state index in [2.05, 4.69) is 29.2 Å². The highest BCUT2D eigenvalue weighted by molar-refractivity contribution is 5.68. The van der Waals surface area contributed by atoms with E-state index in [1.165, 1.54) is 56.3 Å². The number of hydrogen-bond donors (Lipinski definition) is 1. The van der Waals surface area contributed by atoms with Crippen LogP contribution in [0.2, 0.25) is 0 Å². The van der Waals surface area contributed by atoms with Crippen LogP contribution < -0.4 is 0 Å². The van der Waals surface area contributed by atoms with Gasteiger partial charge in [0.1, 0.15) is 0 Å². The van der Waals surface area contributed by atoms with Gasteiger partial charge in [0.15, 0.2) is 0 Å². The second-order valence-electron chi connectivity index (χ2n) is 6.62. The summed E-state index contributed by atoms with van der Waals surface area (Å²) < 4.78 is 0. The first-order chi connectivity index (χ1) is 10.2. The number of benzene rings is 1. The second kappa shape index (κ2) is 6.61. The molecule has 1 saturated carbocycles. The Kier molecular flexibility index (Phi) is 4.59. The van der Waals surface area contributed by atoms with Gasteiger partial charge in [-0.1, -0.05) is 30.7 Å². The van der Waals surface area contributed by atoms with Crippen LogP contribution in [0.15, 0.2) is 24.3 Å². The van der Waals surface area contributed by atoms with E-state index >= 15 is 0 Å². The summed E-state index contributed by atoms with van der Waals surface area (Å²) in [5, 5.41) is 9.14. The Morgan fingerprint density at radius 2 is 2.00 bits per heavy atom. The molecule has 2 fully saturated rings. The Bertz CT molecular complexity index is 490. The topological polar surface area (TPSA) is 40.5 Å². The third-order valence-electron chi connectivity index (χ3n) is 4.82. The number of carbonyl (C=O) groups is 1. The fourth-order valence-electron chi connectivity index (χ4n) is 3.54. The third kappa shape index (κ3) is 4.07. The molecule has 1 aromatic rings. The fraction of sp³-hybridized carbons (Fsp3) is 0.611. The fourth-order valence-corrected chi connectivity index (χ4v) is 3.54. The van der Waals surface area contributed by atoms with Gasteiger partial charge in [-0.3, -0.25) is 9.69 Å². The average molecular weight is 287 g/mol. The maximum Gasteiger partial charge on any atom is 0.303 e. The first-order valence-corrected chi connectivity index (χ1v) is 8.25. The van der Waals surface area contributed by atoms with E-state index in [1.807, 2.05) is 0 Å². The molecule has 3 nitrogen and oxygen atoms in total. The van der Waals surface area contributed by atoms with Crippen LogP contribution in [-0.4, -0.2) is 29.1 Å². The van der Waals surface area contributed by atoms with Crippen molar-refractivity contribution < 1.29 is 9.90 Å². The highest BCUT2D eigenvalue weighted by Crippen LogP contribution is 2.44. The van der Waals surface area contributed by atoms with Crippen LogP contribution in [0.4, 0.5) is 0 Å². The van der Waals surface area contributed by atoms with Gasteiger partial charge in [-0.05, 0) is 61.7 Å². The van der Waals surface area contributed by atoms with Gasteiger partial charge in [-0.15, -0.1) is 0 Å². The van der Waals surface area contributed by atoms with Gasteiger partial charge < -0.3 is 5.11 Å². The number of nitrogens with zero attached hydrogens (tertiary/aromatic N) is 1. The zero-order valence-electron chi connectivity index (χ0n) is 12.6. The van der Waals surface area contributed by atoms with Crippen molar-refractivity contribution in [1.29, 1.82) is 0 Å². The average Bonchev–Trinajstić information content (AvgIpc) is 3.30. The molecule has 0 aromatic heterocycles. The predicted octanol–water partition coefficient (Wildman–Crippen LogP) is 3.64. The van der Waals surface area contributed by atoms with Crippen LogP contribution in [0.3, 0.4) is 0 Å². The number of hydrogen-bond acceptors (Lipinski definition) is 2. The molecule has 0 amide bonds. The van der Waals surface area contributed by atoms with Crippen LogP contribution in [0.5, 0.6) is 0 Å². The molecule has 1 saturated heterocycles. The molecular formula is C18H25NO2. The van der Waals surface area contributed by atoms with Crippen molar-refractivity contribution in [2.75, 3.05) is 13.1 Å². The Morgan fingerprint density at radius 3 is 2.67 bits per heavy atom. The SMILES string of the molecule is O=C(O)CC(c1cccc(CN2CCCCC2)c1)C1CC1. The molecule has 21 heavy (non-hydrogen) atoms. The summed E-state index contributed by atoms with van der Waals surface area (Å²) in [7, 11) is 0. The van der Waals surface area contributed by atoms with E-state index < -0.39 is 5.97 Å². The molecule has 2 aliphatic rings. The quantitative estimate of drug-likeness (QED) is 0.868. The van der Waals surface area contributed by atoms with E-state index in [1.54, 1.807) is 0 Å². The minimum Gasteiger partial charge on any atom is -0.481 e. The second-order valence-corrected chi connectivity index (χ2v) is 6.62. The van der Waals surface area contributed by atoms with E-state index in [-0.39, 0.29) is 12.3 Å². The van der Waals surface area contributed by atoms with Crippen LogP contribution in [-0.2, 0) is 11.3 Å². The number of piperidine rings is 1. The van der Waals surface area contributed by atoms with Gasteiger partial charge in [0.2, 0.25) is 0 Å². The monoisotopic (exact) mass is 287 g/mol. The Labute approximate surface area is 127 Å². The Hall–Kier alpha value is -1.35. The third-order valence-corrected chi connectivity index (χ3v) is 4.82. The zero-order chi connectivity index (χ0) is 14.7. The first kappa shape index (κ1) is 14.6. The molecule has 0 radical (unpaired) electrons. The smallest absolute Gasteiger partial charge is 0.303 e.